The van der Waals surface area contributed by atoms with E-state index in [0.29, 0.717) is 17.5 Å². The fourth-order valence-electron chi connectivity index (χ4n) is 5.85. The van der Waals surface area contributed by atoms with Crippen molar-refractivity contribution in [2.75, 3.05) is 23.4 Å². The van der Waals surface area contributed by atoms with Crippen LogP contribution in [0.2, 0.25) is 5.15 Å². The van der Waals surface area contributed by atoms with Crippen LogP contribution in [0, 0.1) is 11.3 Å². The maximum absolute atomic E-state index is 12.9. The number of aliphatic hydroxyl groups is 2. The standard InChI is InChI=1S/C29H42ClN4O10PS/c1-2-3-4-5-6-7-12-23(35)42-17-43-45(38,39)18-46(40,41)16-22-25(36)26(37)29(44-22)34-14-13-20-24(32-19-10-8-9-11-19)21(15-31)27(30)33-28(20)34/h13-14,19,22,25-26,29,36-37H,2-12,16-18H2,1H3,(H,32,33)(H,38,39)/t22-,25-,26-,29-/m1/s1. The number of nitrogens with one attached hydrogen (secondary N) is 1. The molecule has 0 radical (unpaired) electrons. The van der Waals surface area contributed by atoms with Gasteiger partial charge in [-0.05, 0) is 25.3 Å². The van der Waals surface area contributed by atoms with Crippen LogP contribution in [0.5, 0.6) is 0 Å². The lowest BCUT2D eigenvalue weighted by Crippen LogP contribution is -2.36. The van der Waals surface area contributed by atoms with Crippen LogP contribution in [0.4, 0.5) is 5.69 Å². The van der Waals surface area contributed by atoms with Crippen molar-refractivity contribution in [1.29, 1.82) is 5.26 Å². The first-order valence-electron chi connectivity index (χ1n) is 15.6. The van der Waals surface area contributed by atoms with Crippen LogP contribution in [0.3, 0.4) is 0 Å². The third kappa shape index (κ3) is 9.41. The van der Waals surface area contributed by atoms with Crippen molar-refractivity contribution >= 4 is 51.7 Å². The molecule has 1 saturated heterocycles. The van der Waals surface area contributed by atoms with Crippen molar-refractivity contribution in [2.24, 2.45) is 0 Å². The average molecular weight is 705 g/mol. The Kier molecular flexibility index (Phi) is 12.9. The van der Waals surface area contributed by atoms with Crippen molar-refractivity contribution in [3.05, 3.63) is 23.0 Å². The lowest BCUT2D eigenvalue weighted by atomic mass is 10.1. The molecule has 2 aliphatic rings. The molecule has 46 heavy (non-hydrogen) atoms. The summed E-state index contributed by atoms with van der Waals surface area (Å²) in [5, 5.41) is 35.1. The largest absolute Gasteiger partial charge is 0.438 e. The van der Waals surface area contributed by atoms with E-state index in [1.807, 2.05) is 0 Å². The lowest BCUT2D eigenvalue weighted by molar-refractivity contribution is -0.150. The van der Waals surface area contributed by atoms with Crippen LogP contribution in [0.15, 0.2) is 12.3 Å². The third-order valence-electron chi connectivity index (χ3n) is 8.23. The van der Waals surface area contributed by atoms with E-state index in [1.165, 1.54) is 10.8 Å². The Morgan fingerprint density at radius 3 is 2.61 bits per heavy atom. The van der Waals surface area contributed by atoms with Gasteiger partial charge in [-0.25, -0.2) is 13.4 Å². The van der Waals surface area contributed by atoms with Crippen LogP contribution in [0.25, 0.3) is 11.0 Å². The number of nitrogens with zero attached hydrogens (tertiary/aromatic N) is 3. The third-order valence-corrected chi connectivity index (χ3v) is 12.7. The van der Waals surface area contributed by atoms with Gasteiger partial charge in [0.15, 0.2) is 26.7 Å². The second kappa shape index (κ2) is 16.2. The monoisotopic (exact) mass is 704 g/mol. The molecule has 1 aliphatic carbocycles. The van der Waals surface area contributed by atoms with E-state index < -0.39 is 66.0 Å². The van der Waals surface area contributed by atoms with Crippen molar-refractivity contribution < 1.29 is 46.9 Å². The summed E-state index contributed by atoms with van der Waals surface area (Å²) in [5.41, 5.74) is -0.427. The summed E-state index contributed by atoms with van der Waals surface area (Å²) < 4.78 is 54.9. The topological polar surface area (TPSA) is 210 Å². The SMILES string of the molecule is CCCCCCCCC(=O)OCOP(=O)(O)CS(=O)(=O)C[C@H]1O[C@@H](n2ccc3c(NC4CCCC4)c(C#N)c(Cl)nc32)[C@H](O)[C@@H]1O. The minimum absolute atomic E-state index is 0.0746. The number of hydrogen-bond acceptors (Lipinski definition) is 12. The number of carbonyl (C=O) groups excluding carboxylic acids is 1. The number of pyridine rings is 1. The van der Waals surface area contributed by atoms with Gasteiger partial charge in [-0.1, -0.05) is 63.5 Å². The Balaban J connectivity index is 1.36. The molecule has 4 rings (SSSR count). The van der Waals surface area contributed by atoms with E-state index in [-0.39, 0.29) is 28.8 Å². The highest BCUT2D eigenvalue weighted by Gasteiger charge is 2.47. The summed E-state index contributed by atoms with van der Waals surface area (Å²) in [6.07, 6.45) is 5.33. The van der Waals surface area contributed by atoms with Gasteiger partial charge in [-0.2, -0.15) is 5.26 Å². The molecule has 2 fully saturated rings. The molecule has 1 unspecified atom stereocenters. The van der Waals surface area contributed by atoms with Crippen molar-refractivity contribution in [3.8, 4) is 6.07 Å². The number of esters is 1. The summed E-state index contributed by atoms with van der Waals surface area (Å²) in [5.74, 6) is -1.53. The Labute approximate surface area is 273 Å². The molecule has 0 aromatic carbocycles. The highest BCUT2D eigenvalue weighted by atomic mass is 35.5. The number of hydrogen-bond donors (Lipinski definition) is 4. The quantitative estimate of drug-likeness (QED) is 0.0594. The molecule has 17 heteroatoms. The van der Waals surface area contributed by atoms with Crippen LogP contribution < -0.4 is 5.32 Å². The molecule has 0 bridgehead atoms. The highest BCUT2D eigenvalue weighted by molar-refractivity contribution is 7.97. The van der Waals surface area contributed by atoms with Crippen LogP contribution in [-0.4, -0.2) is 81.4 Å². The van der Waals surface area contributed by atoms with Crippen molar-refractivity contribution in [2.45, 2.75) is 108 Å². The number of nitriles is 1. The molecule has 1 aliphatic heterocycles. The molecule has 0 amide bonds. The second-order valence-corrected chi connectivity index (χ2v) is 16.6. The van der Waals surface area contributed by atoms with E-state index >= 15 is 0 Å². The number of aromatic nitrogens is 2. The number of carbonyl (C=O) groups is 1. The molecule has 3 heterocycles. The van der Waals surface area contributed by atoms with E-state index in [0.717, 1.165) is 57.8 Å². The van der Waals surface area contributed by atoms with Gasteiger partial charge in [0.05, 0.1) is 11.4 Å². The molecular formula is C29H42ClN4O10PS. The van der Waals surface area contributed by atoms with Gasteiger partial charge in [-0.15, -0.1) is 0 Å². The van der Waals surface area contributed by atoms with Crippen molar-refractivity contribution in [1.82, 2.24) is 9.55 Å². The molecule has 2 aromatic rings. The summed E-state index contributed by atoms with van der Waals surface area (Å²) >= 11 is 6.36. The predicted molar refractivity (Wildman–Crippen MR) is 170 cm³/mol. The van der Waals surface area contributed by atoms with E-state index in [4.69, 9.17) is 25.6 Å². The number of fused-ring (bicyclic) bond motifs is 1. The molecule has 2 aromatic heterocycles. The number of rotatable bonds is 17. The fourth-order valence-corrected chi connectivity index (χ4v) is 9.77. The Bertz CT molecular complexity index is 1560. The molecule has 256 valence electrons. The number of anilines is 1. The fraction of sp³-hybridized carbons (Fsp3) is 0.690. The molecular weight excluding hydrogens is 663 g/mol. The van der Waals surface area contributed by atoms with Gasteiger partial charge in [0.25, 0.3) is 0 Å². The Morgan fingerprint density at radius 1 is 1.22 bits per heavy atom. The van der Waals surface area contributed by atoms with Gasteiger partial charge in [0.2, 0.25) is 6.79 Å². The number of aliphatic hydroxyl groups excluding tert-OH is 2. The number of sulfone groups is 1. The van der Waals surface area contributed by atoms with Crippen LogP contribution in [-0.2, 0) is 33.2 Å². The van der Waals surface area contributed by atoms with Crippen molar-refractivity contribution in [3.63, 3.8) is 0 Å². The van der Waals surface area contributed by atoms with E-state index in [2.05, 4.69) is 23.3 Å². The van der Waals surface area contributed by atoms with Crippen LogP contribution >= 0.6 is 19.2 Å². The number of unbranched alkanes of at least 4 members (excludes halogenated alkanes) is 5. The van der Waals surface area contributed by atoms with Gasteiger partial charge in [0.1, 0.15) is 35.6 Å². The van der Waals surface area contributed by atoms with E-state index in [1.54, 1.807) is 6.07 Å². The number of ether oxygens (including phenoxy) is 2. The molecule has 5 atom stereocenters. The van der Waals surface area contributed by atoms with Gasteiger partial charge < -0.3 is 34.5 Å². The Hall–Kier alpha value is -2.28. The van der Waals surface area contributed by atoms with E-state index in [9.17, 15) is 38.1 Å². The summed E-state index contributed by atoms with van der Waals surface area (Å²) in [6, 6.07) is 3.88. The smallest absolute Gasteiger partial charge is 0.346 e. The normalized spacial score (nSPS) is 23.4. The first-order chi connectivity index (χ1) is 21.9. The Morgan fingerprint density at radius 2 is 1.91 bits per heavy atom. The summed E-state index contributed by atoms with van der Waals surface area (Å²) in [7, 11) is -9.15. The minimum atomic E-state index is -4.76. The molecule has 0 spiro atoms. The summed E-state index contributed by atoms with van der Waals surface area (Å²) in [6.45, 7) is 1.22. The molecule has 14 nitrogen and oxygen atoms in total. The lowest BCUT2D eigenvalue weighted by Gasteiger charge is -2.19. The maximum atomic E-state index is 12.9. The molecule has 4 N–H and O–H groups in total. The van der Waals surface area contributed by atoms with Gasteiger partial charge >= 0.3 is 13.6 Å². The summed E-state index contributed by atoms with van der Waals surface area (Å²) in [4.78, 5) is 26.3. The minimum Gasteiger partial charge on any atom is -0.438 e. The number of halogens is 1. The first-order valence-corrected chi connectivity index (χ1v) is 19.5. The van der Waals surface area contributed by atoms with Crippen LogP contribution in [0.1, 0.15) is 89.3 Å². The van der Waals surface area contributed by atoms with Gasteiger partial charge in [0, 0.05) is 24.0 Å². The highest BCUT2D eigenvalue weighted by Crippen LogP contribution is 2.44. The van der Waals surface area contributed by atoms with Gasteiger partial charge in [-0.3, -0.25) is 13.9 Å². The maximum Gasteiger partial charge on any atom is 0.346 e. The molecule has 1 saturated carbocycles. The zero-order valence-electron chi connectivity index (χ0n) is 25.7. The average Bonchev–Trinajstić information content (AvgIpc) is 3.71. The zero-order chi connectivity index (χ0) is 33.5. The second-order valence-electron chi connectivity index (χ2n) is 11.9. The first kappa shape index (κ1) is 36.6. The zero-order valence-corrected chi connectivity index (χ0v) is 28.2. The predicted octanol–water partition coefficient (Wildman–Crippen LogP) is 4.36.